The first-order valence-electron chi connectivity index (χ1n) is 9.75. The van der Waals surface area contributed by atoms with Crippen LogP contribution >= 0.6 is 0 Å². The molecule has 2 atom stereocenters. The van der Waals surface area contributed by atoms with Crippen molar-refractivity contribution in [1.82, 2.24) is 10.2 Å². The summed E-state index contributed by atoms with van der Waals surface area (Å²) >= 11 is 0. The first-order valence-corrected chi connectivity index (χ1v) is 9.75. The lowest BCUT2D eigenvalue weighted by Crippen LogP contribution is -2.56. The summed E-state index contributed by atoms with van der Waals surface area (Å²) in [6.07, 6.45) is 2.46. The molecule has 2 aliphatic rings. The molecule has 2 aromatic carbocycles. The molecule has 150 valence electrons. The highest BCUT2D eigenvalue weighted by Gasteiger charge is 2.39. The monoisotopic (exact) mass is 392 g/mol. The van der Waals surface area contributed by atoms with Crippen LogP contribution in [0.4, 0.5) is 4.79 Å². The lowest BCUT2D eigenvalue weighted by atomic mass is 9.90. The van der Waals surface area contributed by atoms with E-state index in [2.05, 4.69) is 11.4 Å². The standard InChI is InChI=1S/C23H24N2O4/c1-24-22(26)18-9-7-17(8-10-18)19-11-20-14-28-15-21(12-19)25(20)23(27)29-13-16-5-3-2-4-6-16/h2-11,20-21H,12-15H2,1H3,(H,24,26). The molecule has 0 radical (unpaired) electrons. The molecule has 2 unspecified atom stereocenters. The lowest BCUT2D eigenvalue weighted by Gasteiger charge is -2.43. The first kappa shape index (κ1) is 19.2. The minimum atomic E-state index is -0.308. The highest BCUT2D eigenvalue weighted by molar-refractivity contribution is 5.94. The number of morpholine rings is 1. The van der Waals surface area contributed by atoms with Crippen molar-refractivity contribution in [3.05, 3.63) is 77.4 Å². The van der Waals surface area contributed by atoms with E-state index in [4.69, 9.17) is 9.47 Å². The van der Waals surface area contributed by atoms with Gasteiger partial charge >= 0.3 is 6.09 Å². The average molecular weight is 392 g/mol. The molecule has 2 heterocycles. The number of nitrogens with one attached hydrogen (secondary N) is 1. The third-order valence-corrected chi connectivity index (χ3v) is 5.36. The maximum Gasteiger partial charge on any atom is 0.411 e. The van der Waals surface area contributed by atoms with Crippen LogP contribution in [0.25, 0.3) is 5.57 Å². The number of hydrogen-bond acceptors (Lipinski definition) is 4. The van der Waals surface area contributed by atoms with Gasteiger partial charge in [-0.2, -0.15) is 0 Å². The fourth-order valence-electron chi connectivity index (χ4n) is 3.87. The summed E-state index contributed by atoms with van der Waals surface area (Å²) in [6.45, 7) is 1.20. The number of carbonyl (C=O) groups excluding carboxylic acids is 2. The minimum absolute atomic E-state index is 0.0596. The van der Waals surface area contributed by atoms with E-state index >= 15 is 0 Å². The molecular formula is C23H24N2O4. The number of hydrogen-bond donors (Lipinski definition) is 1. The summed E-state index contributed by atoms with van der Waals surface area (Å²) in [7, 11) is 1.62. The van der Waals surface area contributed by atoms with E-state index in [0.717, 1.165) is 11.1 Å². The van der Waals surface area contributed by atoms with Gasteiger partial charge in [-0.15, -0.1) is 0 Å². The summed E-state index contributed by atoms with van der Waals surface area (Å²) in [4.78, 5) is 26.3. The maximum atomic E-state index is 12.8. The summed E-state index contributed by atoms with van der Waals surface area (Å²) < 4.78 is 11.2. The van der Waals surface area contributed by atoms with Crippen molar-refractivity contribution in [3.8, 4) is 0 Å². The van der Waals surface area contributed by atoms with Crippen molar-refractivity contribution in [3.63, 3.8) is 0 Å². The van der Waals surface area contributed by atoms with Crippen molar-refractivity contribution in [1.29, 1.82) is 0 Å². The second-order valence-corrected chi connectivity index (χ2v) is 7.26. The molecule has 2 aromatic rings. The van der Waals surface area contributed by atoms with Crippen molar-refractivity contribution >= 4 is 17.6 Å². The highest BCUT2D eigenvalue weighted by atomic mass is 16.6. The normalized spacial score (nSPS) is 20.6. The minimum Gasteiger partial charge on any atom is -0.445 e. The second-order valence-electron chi connectivity index (χ2n) is 7.26. The quantitative estimate of drug-likeness (QED) is 0.867. The summed E-state index contributed by atoms with van der Waals surface area (Å²) in [5, 5.41) is 2.63. The zero-order valence-corrected chi connectivity index (χ0v) is 16.3. The second kappa shape index (κ2) is 8.49. The van der Waals surface area contributed by atoms with Gasteiger partial charge in [0.2, 0.25) is 0 Å². The van der Waals surface area contributed by atoms with Gasteiger partial charge in [0.25, 0.3) is 5.91 Å². The Balaban J connectivity index is 1.48. The molecule has 2 aliphatic heterocycles. The van der Waals surface area contributed by atoms with Crippen molar-refractivity contribution in [2.45, 2.75) is 25.1 Å². The number of ether oxygens (including phenoxy) is 2. The molecule has 2 bridgehead atoms. The van der Waals surface area contributed by atoms with Crippen LogP contribution in [-0.2, 0) is 16.1 Å². The number of benzene rings is 2. The number of amides is 2. The van der Waals surface area contributed by atoms with E-state index in [1.807, 2.05) is 54.6 Å². The molecule has 29 heavy (non-hydrogen) atoms. The Morgan fingerprint density at radius 1 is 1.10 bits per heavy atom. The molecule has 6 nitrogen and oxygen atoms in total. The van der Waals surface area contributed by atoms with Gasteiger partial charge in [0.1, 0.15) is 6.61 Å². The van der Waals surface area contributed by atoms with E-state index in [0.29, 0.717) is 25.2 Å². The van der Waals surface area contributed by atoms with Crippen molar-refractivity contribution in [2.24, 2.45) is 0 Å². The first-order chi connectivity index (χ1) is 14.2. The van der Waals surface area contributed by atoms with Gasteiger partial charge in [-0.1, -0.05) is 48.5 Å². The number of rotatable bonds is 4. The Hall–Kier alpha value is -3.12. The SMILES string of the molecule is CNC(=O)c1ccc(C2=CC3COCC(C2)N3C(=O)OCc2ccccc2)cc1. The van der Waals surface area contributed by atoms with Crippen LogP contribution in [0.5, 0.6) is 0 Å². The predicted octanol–water partition coefficient (Wildman–Crippen LogP) is 3.24. The van der Waals surface area contributed by atoms with Crippen LogP contribution in [0.2, 0.25) is 0 Å². The molecule has 0 spiro atoms. The molecule has 6 heteroatoms. The van der Waals surface area contributed by atoms with E-state index in [1.54, 1.807) is 11.9 Å². The Morgan fingerprint density at radius 2 is 1.86 bits per heavy atom. The molecule has 0 aliphatic carbocycles. The fourth-order valence-corrected chi connectivity index (χ4v) is 3.87. The molecule has 1 saturated heterocycles. The molecule has 4 rings (SSSR count). The average Bonchev–Trinajstić information content (AvgIpc) is 2.77. The molecule has 0 saturated carbocycles. The third kappa shape index (κ3) is 4.17. The fraction of sp³-hybridized carbons (Fsp3) is 0.304. The molecule has 2 amide bonds. The highest BCUT2D eigenvalue weighted by Crippen LogP contribution is 2.33. The van der Waals surface area contributed by atoms with Gasteiger partial charge in [0, 0.05) is 12.6 Å². The van der Waals surface area contributed by atoms with E-state index in [9.17, 15) is 9.59 Å². The van der Waals surface area contributed by atoms with Gasteiger partial charge in [-0.05, 0) is 35.3 Å². The van der Waals surface area contributed by atoms with Gasteiger partial charge in [0.05, 0.1) is 25.3 Å². The largest absolute Gasteiger partial charge is 0.445 e. The number of carbonyl (C=O) groups is 2. The van der Waals surface area contributed by atoms with Crippen molar-refractivity contribution in [2.75, 3.05) is 20.3 Å². The molecule has 1 N–H and O–H groups in total. The number of fused-ring (bicyclic) bond motifs is 2. The lowest BCUT2D eigenvalue weighted by molar-refractivity contribution is -0.0342. The summed E-state index contributed by atoms with van der Waals surface area (Å²) in [5.41, 5.74) is 3.82. The van der Waals surface area contributed by atoms with Crippen LogP contribution < -0.4 is 5.32 Å². The zero-order chi connectivity index (χ0) is 20.2. The van der Waals surface area contributed by atoms with Crippen LogP contribution in [0.15, 0.2) is 60.7 Å². The summed E-state index contributed by atoms with van der Waals surface area (Å²) in [5.74, 6) is -0.105. The number of nitrogens with zero attached hydrogens (tertiary/aromatic N) is 1. The molecular weight excluding hydrogens is 368 g/mol. The van der Waals surface area contributed by atoms with Crippen LogP contribution in [0, 0.1) is 0 Å². The Bertz CT molecular complexity index is 908. The van der Waals surface area contributed by atoms with Gasteiger partial charge in [-0.3, -0.25) is 9.69 Å². The molecule has 1 fully saturated rings. The van der Waals surface area contributed by atoms with Crippen LogP contribution in [0.3, 0.4) is 0 Å². The Labute approximate surface area is 170 Å². The third-order valence-electron chi connectivity index (χ3n) is 5.36. The zero-order valence-electron chi connectivity index (χ0n) is 16.3. The van der Waals surface area contributed by atoms with Gasteiger partial charge in [-0.25, -0.2) is 4.79 Å². The maximum absolute atomic E-state index is 12.8. The van der Waals surface area contributed by atoms with Gasteiger partial charge in [0.15, 0.2) is 0 Å². The van der Waals surface area contributed by atoms with E-state index in [-0.39, 0.29) is 30.7 Å². The van der Waals surface area contributed by atoms with Crippen LogP contribution in [-0.4, -0.2) is 49.2 Å². The van der Waals surface area contributed by atoms with E-state index in [1.165, 1.54) is 5.57 Å². The van der Waals surface area contributed by atoms with Gasteiger partial charge < -0.3 is 14.8 Å². The Kier molecular flexibility index (Phi) is 5.62. The van der Waals surface area contributed by atoms with Crippen molar-refractivity contribution < 1.29 is 19.1 Å². The van der Waals surface area contributed by atoms with Crippen LogP contribution in [0.1, 0.15) is 27.9 Å². The summed E-state index contributed by atoms with van der Waals surface area (Å²) in [6, 6.07) is 17.0. The Morgan fingerprint density at radius 3 is 2.55 bits per heavy atom. The topological polar surface area (TPSA) is 67.9 Å². The van der Waals surface area contributed by atoms with E-state index < -0.39 is 0 Å². The molecule has 0 aromatic heterocycles. The smallest absolute Gasteiger partial charge is 0.411 e. The predicted molar refractivity (Wildman–Crippen MR) is 109 cm³/mol.